The van der Waals surface area contributed by atoms with Gasteiger partial charge in [0, 0.05) is 11.9 Å². The molecular formula is C20H19N3O3. The van der Waals surface area contributed by atoms with Gasteiger partial charge in [-0.2, -0.15) is 5.26 Å². The van der Waals surface area contributed by atoms with E-state index in [0.717, 1.165) is 16.8 Å². The lowest BCUT2D eigenvalue weighted by Gasteiger charge is -2.09. The van der Waals surface area contributed by atoms with E-state index in [1.54, 1.807) is 18.2 Å². The molecule has 2 N–H and O–H groups in total. The average Bonchev–Trinajstić information content (AvgIpc) is 2.61. The number of para-hydroxylation sites is 1. The number of anilines is 2. The maximum Gasteiger partial charge on any atom is 0.339 e. The number of carbonyl (C=O) groups is 2. The van der Waals surface area contributed by atoms with Gasteiger partial charge in [0.15, 0.2) is 0 Å². The third-order valence-corrected chi connectivity index (χ3v) is 3.55. The second-order valence-corrected chi connectivity index (χ2v) is 5.68. The number of nitriles is 1. The first-order chi connectivity index (χ1) is 12.4. The molecule has 6 heteroatoms. The molecule has 0 saturated carbocycles. The average molecular weight is 349 g/mol. The van der Waals surface area contributed by atoms with Crippen molar-refractivity contribution in [1.82, 2.24) is 0 Å². The quantitative estimate of drug-likeness (QED) is 0.489. The van der Waals surface area contributed by atoms with Gasteiger partial charge in [-0.15, -0.1) is 0 Å². The fourth-order valence-electron chi connectivity index (χ4n) is 2.43. The number of aryl methyl sites for hydroxylation is 2. The van der Waals surface area contributed by atoms with Crippen molar-refractivity contribution in [2.45, 2.75) is 13.8 Å². The summed E-state index contributed by atoms with van der Waals surface area (Å²) in [5, 5.41) is 14.8. The second kappa shape index (κ2) is 8.49. The number of esters is 1. The SMILES string of the molecule is COC(=O)c1ccccc1NC(=O)/C(C#N)=C\Nc1cc(C)cc(C)c1. The van der Waals surface area contributed by atoms with Crippen molar-refractivity contribution >= 4 is 23.3 Å². The Balaban J connectivity index is 2.19. The molecule has 2 aromatic rings. The highest BCUT2D eigenvalue weighted by atomic mass is 16.5. The first kappa shape index (κ1) is 18.7. The summed E-state index contributed by atoms with van der Waals surface area (Å²) in [6.07, 6.45) is 1.34. The molecule has 6 nitrogen and oxygen atoms in total. The van der Waals surface area contributed by atoms with Crippen LogP contribution in [0.1, 0.15) is 21.5 Å². The monoisotopic (exact) mass is 349 g/mol. The highest BCUT2D eigenvalue weighted by molar-refractivity contribution is 6.09. The van der Waals surface area contributed by atoms with E-state index in [-0.39, 0.29) is 16.8 Å². The van der Waals surface area contributed by atoms with Crippen LogP contribution in [0.25, 0.3) is 0 Å². The van der Waals surface area contributed by atoms with Gasteiger partial charge in [0.1, 0.15) is 11.6 Å². The van der Waals surface area contributed by atoms with Crippen LogP contribution in [-0.2, 0) is 9.53 Å². The molecule has 0 heterocycles. The van der Waals surface area contributed by atoms with Crippen molar-refractivity contribution in [1.29, 1.82) is 5.26 Å². The highest BCUT2D eigenvalue weighted by Gasteiger charge is 2.15. The zero-order chi connectivity index (χ0) is 19.1. The third-order valence-electron chi connectivity index (χ3n) is 3.55. The van der Waals surface area contributed by atoms with E-state index < -0.39 is 11.9 Å². The first-order valence-corrected chi connectivity index (χ1v) is 7.88. The van der Waals surface area contributed by atoms with Crippen molar-refractivity contribution in [2.24, 2.45) is 0 Å². The Morgan fingerprint density at radius 2 is 1.77 bits per heavy atom. The number of nitrogens with one attached hydrogen (secondary N) is 2. The maximum atomic E-state index is 12.4. The molecule has 2 aromatic carbocycles. The molecular weight excluding hydrogens is 330 g/mol. The Bertz CT molecular complexity index is 891. The lowest BCUT2D eigenvalue weighted by molar-refractivity contribution is -0.112. The van der Waals surface area contributed by atoms with Crippen LogP contribution in [-0.4, -0.2) is 19.0 Å². The van der Waals surface area contributed by atoms with Crippen molar-refractivity contribution in [3.63, 3.8) is 0 Å². The minimum Gasteiger partial charge on any atom is -0.465 e. The van der Waals surface area contributed by atoms with Crippen LogP contribution < -0.4 is 10.6 Å². The Morgan fingerprint density at radius 1 is 1.12 bits per heavy atom. The fraction of sp³-hybridized carbons (Fsp3) is 0.150. The van der Waals surface area contributed by atoms with E-state index in [1.165, 1.54) is 19.4 Å². The zero-order valence-electron chi connectivity index (χ0n) is 14.8. The summed E-state index contributed by atoms with van der Waals surface area (Å²) in [6.45, 7) is 3.92. The molecule has 132 valence electrons. The molecule has 0 aromatic heterocycles. The van der Waals surface area contributed by atoms with Gasteiger partial charge in [0.2, 0.25) is 0 Å². The molecule has 26 heavy (non-hydrogen) atoms. The van der Waals surface area contributed by atoms with Gasteiger partial charge in [-0.1, -0.05) is 18.2 Å². The standard InChI is InChI=1S/C20H19N3O3/c1-13-8-14(2)10-16(9-13)22-12-15(11-21)19(24)23-18-7-5-4-6-17(18)20(25)26-3/h4-10,12,22H,1-3H3,(H,23,24)/b15-12-. The lowest BCUT2D eigenvalue weighted by Crippen LogP contribution is -2.17. The summed E-state index contributed by atoms with van der Waals surface area (Å²) in [6, 6.07) is 14.1. The van der Waals surface area contributed by atoms with E-state index in [4.69, 9.17) is 4.74 Å². The zero-order valence-corrected chi connectivity index (χ0v) is 14.8. The topological polar surface area (TPSA) is 91.2 Å². The van der Waals surface area contributed by atoms with Gasteiger partial charge >= 0.3 is 5.97 Å². The van der Waals surface area contributed by atoms with Gasteiger partial charge < -0.3 is 15.4 Å². The number of ether oxygens (including phenoxy) is 1. The first-order valence-electron chi connectivity index (χ1n) is 7.88. The van der Waals surface area contributed by atoms with Crippen LogP contribution in [0.4, 0.5) is 11.4 Å². The molecule has 0 fully saturated rings. The number of benzene rings is 2. The molecule has 0 bridgehead atoms. The predicted molar refractivity (Wildman–Crippen MR) is 99.6 cm³/mol. The summed E-state index contributed by atoms with van der Waals surface area (Å²) in [5.74, 6) is -1.20. The minimum atomic E-state index is -0.624. The summed E-state index contributed by atoms with van der Waals surface area (Å²) in [5.41, 5.74) is 3.27. The van der Waals surface area contributed by atoms with E-state index in [0.29, 0.717) is 0 Å². The molecule has 1 amide bonds. The van der Waals surface area contributed by atoms with Crippen LogP contribution in [0.2, 0.25) is 0 Å². The number of hydrogen-bond acceptors (Lipinski definition) is 5. The van der Waals surface area contributed by atoms with E-state index in [2.05, 4.69) is 10.6 Å². The Kier molecular flexibility index (Phi) is 6.12. The van der Waals surface area contributed by atoms with Gasteiger partial charge in [-0.3, -0.25) is 4.79 Å². The van der Waals surface area contributed by atoms with Crippen LogP contribution in [0, 0.1) is 25.2 Å². The second-order valence-electron chi connectivity index (χ2n) is 5.68. The van der Waals surface area contributed by atoms with Crippen molar-refractivity contribution in [3.8, 4) is 6.07 Å². The van der Waals surface area contributed by atoms with Crippen LogP contribution in [0.5, 0.6) is 0 Å². The van der Waals surface area contributed by atoms with Gasteiger partial charge in [0.05, 0.1) is 18.4 Å². The third kappa shape index (κ3) is 4.71. The highest BCUT2D eigenvalue weighted by Crippen LogP contribution is 2.18. The largest absolute Gasteiger partial charge is 0.465 e. The van der Waals surface area contributed by atoms with Gasteiger partial charge in [-0.25, -0.2) is 4.79 Å². The summed E-state index contributed by atoms with van der Waals surface area (Å²) in [4.78, 5) is 24.1. The number of amides is 1. The Morgan fingerprint density at radius 3 is 2.38 bits per heavy atom. The number of nitrogens with zero attached hydrogens (tertiary/aromatic N) is 1. The van der Waals surface area contributed by atoms with Crippen LogP contribution >= 0.6 is 0 Å². The van der Waals surface area contributed by atoms with Crippen molar-refractivity contribution in [2.75, 3.05) is 17.7 Å². The Labute approximate surface area is 152 Å². The smallest absolute Gasteiger partial charge is 0.339 e. The molecule has 0 aliphatic carbocycles. The molecule has 0 spiro atoms. The predicted octanol–water partition coefficient (Wildman–Crippen LogP) is 3.55. The van der Waals surface area contributed by atoms with Crippen molar-refractivity contribution < 1.29 is 14.3 Å². The number of rotatable bonds is 5. The molecule has 0 saturated heterocycles. The molecule has 0 atom stereocenters. The summed E-state index contributed by atoms with van der Waals surface area (Å²) in [7, 11) is 1.26. The van der Waals surface area contributed by atoms with Crippen LogP contribution in [0.15, 0.2) is 54.2 Å². The normalized spacial score (nSPS) is 10.6. The molecule has 0 radical (unpaired) electrons. The number of hydrogen-bond donors (Lipinski definition) is 2. The summed E-state index contributed by atoms with van der Waals surface area (Å²) >= 11 is 0. The van der Waals surface area contributed by atoms with E-state index in [9.17, 15) is 14.9 Å². The van der Waals surface area contributed by atoms with Gasteiger partial charge in [-0.05, 0) is 49.2 Å². The molecule has 2 rings (SSSR count). The van der Waals surface area contributed by atoms with E-state index >= 15 is 0 Å². The molecule has 0 aliphatic heterocycles. The van der Waals surface area contributed by atoms with E-state index in [1.807, 2.05) is 38.1 Å². The van der Waals surface area contributed by atoms with Crippen molar-refractivity contribution in [3.05, 3.63) is 70.9 Å². The maximum absolute atomic E-state index is 12.4. The minimum absolute atomic E-state index is 0.121. The lowest BCUT2D eigenvalue weighted by atomic mass is 10.1. The van der Waals surface area contributed by atoms with Gasteiger partial charge in [0.25, 0.3) is 5.91 Å². The molecule has 0 unspecified atom stereocenters. The molecule has 0 aliphatic rings. The number of methoxy groups -OCH3 is 1. The fourth-order valence-corrected chi connectivity index (χ4v) is 2.43. The number of carbonyl (C=O) groups excluding carboxylic acids is 2. The Hall–Kier alpha value is -3.59. The van der Waals surface area contributed by atoms with Crippen LogP contribution in [0.3, 0.4) is 0 Å². The summed E-state index contributed by atoms with van der Waals surface area (Å²) < 4.78 is 4.69.